The zero-order chi connectivity index (χ0) is 24.3. The van der Waals surface area contributed by atoms with E-state index in [1.54, 1.807) is 49.5 Å². The predicted octanol–water partition coefficient (Wildman–Crippen LogP) is 3.04. The zero-order valence-electron chi connectivity index (χ0n) is 19.0. The first-order valence-electron chi connectivity index (χ1n) is 10.9. The van der Waals surface area contributed by atoms with E-state index in [0.717, 1.165) is 5.56 Å². The summed E-state index contributed by atoms with van der Waals surface area (Å²) < 4.78 is 0. The van der Waals surface area contributed by atoms with Gasteiger partial charge in [-0.1, -0.05) is 48.5 Å². The van der Waals surface area contributed by atoms with Crippen molar-refractivity contribution < 1.29 is 19.5 Å². The summed E-state index contributed by atoms with van der Waals surface area (Å²) in [7, 11) is 1.65. The van der Waals surface area contributed by atoms with Crippen LogP contribution in [0, 0.1) is 0 Å². The van der Waals surface area contributed by atoms with Crippen LogP contribution < -0.4 is 20.4 Å². The second kappa shape index (κ2) is 12.2. The molecule has 0 aliphatic rings. The molecular weight excluding hydrogens is 432 g/mol. The molecule has 0 radical (unpaired) electrons. The molecule has 0 aliphatic carbocycles. The van der Waals surface area contributed by atoms with E-state index < -0.39 is 11.9 Å². The summed E-state index contributed by atoms with van der Waals surface area (Å²) in [4.78, 5) is 41.1. The first-order chi connectivity index (χ1) is 16.5. The fraction of sp³-hybridized carbons (Fsp3) is 0.192. The van der Waals surface area contributed by atoms with E-state index in [1.165, 1.54) is 9.80 Å². The molecule has 8 heteroatoms. The number of aliphatic hydroxyl groups is 1. The van der Waals surface area contributed by atoms with Crippen LogP contribution in [0.2, 0.25) is 0 Å². The summed E-state index contributed by atoms with van der Waals surface area (Å²) >= 11 is 0. The minimum absolute atomic E-state index is 0.0116. The van der Waals surface area contributed by atoms with Crippen molar-refractivity contribution in [3.05, 3.63) is 90.5 Å². The van der Waals surface area contributed by atoms with E-state index in [-0.39, 0.29) is 25.6 Å². The number of nitrogens with one attached hydrogen (secondary N) is 2. The SMILES string of the molecule is CN(C(=O)CN(C(=O)CNC(=O)Nc1cccc(CCO)c1)c1ccccc1)c1ccccc1. The number of urea groups is 1. The molecule has 176 valence electrons. The fourth-order valence-electron chi connectivity index (χ4n) is 3.33. The van der Waals surface area contributed by atoms with Crippen molar-refractivity contribution in [1.29, 1.82) is 0 Å². The normalized spacial score (nSPS) is 10.3. The van der Waals surface area contributed by atoms with E-state index in [0.29, 0.717) is 23.5 Å². The van der Waals surface area contributed by atoms with Crippen LogP contribution in [0.5, 0.6) is 0 Å². The Hall–Kier alpha value is -4.17. The Kier molecular flexibility index (Phi) is 8.76. The molecule has 3 aromatic carbocycles. The van der Waals surface area contributed by atoms with Gasteiger partial charge in [-0.15, -0.1) is 0 Å². The van der Waals surface area contributed by atoms with E-state index in [9.17, 15) is 14.4 Å². The molecular formula is C26H28N4O4. The predicted molar refractivity (Wildman–Crippen MR) is 133 cm³/mol. The average Bonchev–Trinajstić information content (AvgIpc) is 2.86. The van der Waals surface area contributed by atoms with Gasteiger partial charge in [-0.3, -0.25) is 9.59 Å². The van der Waals surface area contributed by atoms with E-state index in [2.05, 4.69) is 10.6 Å². The number of amides is 4. The second-order valence-electron chi connectivity index (χ2n) is 7.59. The Balaban J connectivity index is 1.64. The number of rotatable bonds is 9. The van der Waals surface area contributed by atoms with Crippen LogP contribution in [0.1, 0.15) is 5.56 Å². The Morgan fingerprint density at radius 1 is 0.824 bits per heavy atom. The molecule has 0 fully saturated rings. The van der Waals surface area contributed by atoms with Crippen LogP contribution in [-0.4, -0.2) is 49.7 Å². The van der Waals surface area contributed by atoms with Crippen molar-refractivity contribution in [3.63, 3.8) is 0 Å². The fourth-order valence-corrected chi connectivity index (χ4v) is 3.33. The van der Waals surface area contributed by atoms with Gasteiger partial charge in [-0.2, -0.15) is 0 Å². The van der Waals surface area contributed by atoms with Crippen molar-refractivity contribution in [2.45, 2.75) is 6.42 Å². The van der Waals surface area contributed by atoms with Gasteiger partial charge < -0.3 is 25.5 Å². The van der Waals surface area contributed by atoms with Crippen LogP contribution in [-0.2, 0) is 16.0 Å². The highest BCUT2D eigenvalue weighted by molar-refractivity contribution is 6.05. The van der Waals surface area contributed by atoms with Crippen molar-refractivity contribution in [1.82, 2.24) is 5.32 Å². The highest BCUT2D eigenvalue weighted by Crippen LogP contribution is 2.16. The van der Waals surface area contributed by atoms with Crippen molar-refractivity contribution in [2.24, 2.45) is 0 Å². The van der Waals surface area contributed by atoms with Gasteiger partial charge in [0.05, 0.1) is 6.54 Å². The van der Waals surface area contributed by atoms with Gasteiger partial charge in [-0.25, -0.2) is 4.79 Å². The molecule has 4 amide bonds. The standard InChI is InChI=1S/C26H28N4O4/c1-29(22-11-4-2-5-12-22)25(33)19-30(23-13-6-3-7-14-23)24(32)18-27-26(34)28-21-10-8-9-20(17-21)15-16-31/h2-14,17,31H,15-16,18-19H2,1H3,(H2,27,28,34). The number of likely N-dealkylation sites (N-methyl/N-ethyl adjacent to an activating group) is 1. The lowest BCUT2D eigenvalue weighted by Gasteiger charge is -2.25. The molecule has 0 bridgehead atoms. The Morgan fingerprint density at radius 3 is 2.12 bits per heavy atom. The molecule has 8 nitrogen and oxygen atoms in total. The first-order valence-corrected chi connectivity index (χ1v) is 10.9. The van der Waals surface area contributed by atoms with Gasteiger partial charge in [0.1, 0.15) is 6.54 Å². The largest absolute Gasteiger partial charge is 0.396 e. The average molecular weight is 461 g/mol. The van der Waals surface area contributed by atoms with Gasteiger partial charge in [0.15, 0.2) is 0 Å². The number of nitrogens with zero attached hydrogens (tertiary/aromatic N) is 2. The Bertz CT molecular complexity index is 1110. The lowest BCUT2D eigenvalue weighted by atomic mass is 10.1. The molecule has 0 heterocycles. The third-order valence-corrected chi connectivity index (χ3v) is 5.17. The number of carbonyl (C=O) groups is 3. The maximum Gasteiger partial charge on any atom is 0.319 e. The molecule has 0 unspecified atom stereocenters. The molecule has 34 heavy (non-hydrogen) atoms. The van der Waals surface area contributed by atoms with E-state index >= 15 is 0 Å². The van der Waals surface area contributed by atoms with E-state index in [1.807, 2.05) is 42.5 Å². The van der Waals surface area contributed by atoms with Crippen LogP contribution in [0.4, 0.5) is 21.9 Å². The Labute approximate surface area is 198 Å². The van der Waals surface area contributed by atoms with Crippen molar-refractivity contribution in [2.75, 3.05) is 41.9 Å². The summed E-state index contributed by atoms with van der Waals surface area (Å²) in [6.45, 7) is -0.461. The lowest BCUT2D eigenvalue weighted by molar-refractivity contribution is -0.121. The van der Waals surface area contributed by atoms with Crippen molar-refractivity contribution >= 4 is 34.9 Å². The molecule has 0 spiro atoms. The summed E-state index contributed by atoms with van der Waals surface area (Å²) in [6, 6.07) is 24.6. The smallest absolute Gasteiger partial charge is 0.319 e. The highest BCUT2D eigenvalue weighted by atomic mass is 16.3. The number of hydrogen-bond donors (Lipinski definition) is 3. The topological polar surface area (TPSA) is 102 Å². The minimum atomic E-state index is -0.546. The molecule has 3 aromatic rings. The lowest BCUT2D eigenvalue weighted by Crippen LogP contribution is -2.46. The van der Waals surface area contributed by atoms with Crippen molar-refractivity contribution in [3.8, 4) is 0 Å². The molecule has 0 aromatic heterocycles. The quantitative estimate of drug-likeness (QED) is 0.457. The zero-order valence-corrected chi connectivity index (χ0v) is 19.0. The summed E-state index contributed by atoms with van der Waals surface area (Å²) in [5, 5.41) is 14.3. The maximum absolute atomic E-state index is 13.0. The van der Waals surface area contributed by atoms with Crippen LogP contribution in [0.3, 0.4) is 0 Å². The molecule has 0 aliphatic heterocycles. The Morgan fingerprint density at radius 2 is 1.47 bits per heavy atom. The minimum Gasteiger partial charge on any atom is -0.396 e. The van der Waals surface area contributed by atoms with Gasteiger partial charge in [0, 0.05) is 30.7 Å². The summed E-state index contributed by atoms with van der Waals surface area (Å²) in [5.74, 6) is -0.696. The molecule has 0 atom stereocenters. The number of para-hydroxylation sites is 2. The number of carbonyl (C=O) groups excluding carboxylic acids is 3. The molecule has 3 N–H and O–H groups in total. The van der Waals surface area contributed by atoms with Gasteiger partial charge in [0.2, 0.25) is 11.8 Å². The number of anilines is 3. The number of benzene rings is 3. The number of aliphatic hydroxyl groups excluding tert-OH is 1. The van der Waals surface area contributed by atoms with Gasteiger partial charge in [0.25, 0.3) is 0 Å². The third-order valence-electron chi connectivity index (χ3n) is 5.17. The molecule has 3 rings (SSSR count). The van der Waals surface area contributed by atoms with Crippen LogP contribution in [0.15, 0.2) is 84.9 Å². The summed E-state index contributed by atoms with van der Waals surface area (Å²) in [6.07, 6.45) is 0.479. The van der Waals surface area contributed by atoms with Gasteiger partial charge >= 0.3 is 6.03 Å². The maximum atomic E-state index is 13.0. The monoisotopic (exact) mass is 460 g/mol. The third kappa shape index (κ3) is 6.91. The van der Waals surface area contributed by atoms with Crippen LogP contribution in [0.25, 0.3) is 0 Å². The molecule has 0 saturated heterocycles. The number of hydrogen-bond acceptors (Lipinski definition) is 4. The van der Waals surface area contributed by atoms with E-state index in [4.69, 9.17) is 5.11 Å². The van der Waals surface area contributed by atoms with Crippen LogP contribution >= 0.6 is 0 Å². The van der Waals surface area contributed by atoms with Gasteiger partial charge in [-0.05, 0) is 48.4 Å². The first kappa shape index (κ1) is 24.5. The highest BCUT2D eigenvalue weighted by Gasteiger charge is 2.22. The molecule has 0 saturated carbocycles. The second-order valence-corrected chi connectivity index (χ2v) is 7.59. The summed E-state index contributed by atoms with van der Waals surface area (Å²) in [5.41, 5.74) is 2.71.